The van der Waals surface area contributed by atoms with Gasteiger partial charge >= 0.3 is 0 Å². The minimum Gasteiger partial charge on any atom is -0.491 e. The van der Waals surface area contributed by atoms with Gasteiger partial charge in [-0.2, -0.15) is 0 Å². The van der Waals surface area contributed by atoms with Crippen molar-refractivity contribution >= 4 is 29.1 Å². The molecule has 1 atom stereocenters. The predicted molar refractivity (Wildman–Crippen MR) is 122 cm³/mol. The normalized spacial score (nSPS) is 20.6. The standard InChI is InChI=1S/C23H26Cl2N2O5/c24-18-6-5-17(11-19(18)25)30-14-23(29)7-2-9-27(10-8-23)13-21(28)26-12-16-3-1-4-20-22(16)32-15-31-20/h1,3-6,11,29H,2,7-10,12-15H2,(H,26,28)/t23-/m1/s1. The van der Waals surface area contributed by atoms with Crippen LogP contribution in [0.5, 0.6) is 17.2 Å². The summed E-state index contributed by atoms with van der Waals surface area (Å²) in [6.45, 7) is 2.35. The number of amides is 1. The first-order valence-electron chi connectivity index (χ1n) is 10.6. The van der Waals surface area contributed by atoms with E-state index in [-0.39, 0.29) is 25.9 Å². The molecule has 4 rings (SSSR count). The Labute approximate surface area is 197 Å². The molecule has 32 heavy (non-hydrogen) atoms. The molecule has 0 bridgehead atoms. The average molecular weight is 481 g/mol. The monoisotopic (exact) mass is 480 g/mol. The number of benzene rings is 2. The molecule has 0 spiro atoms. The highest BCUT2D eigenvalue weighted by atomic mass is 35.5. The fraction of sp³-hybridized carbons (Fsp3) is 0.435. The van der Waals surface area contributed by atoms with Gasteiger partial charge in [0.25, 0.3) is 0 Å². The van der Waals surface area contributed by atoms with E-state index in [0.29, 0.717) is 53.2 Å². The summed E-state index contributed by atoms with van der Waals surface area (Å²) >= 11 is 12.0. The van der Waals surface area contributed by atoms with Crippen LogP contribution in [0.2, 0.25) is 10.0 Å². The van der Waals surface area contributed by atoms with Gasteiger partial charge in [0.05, 0.1) is 22.2 Å². The summed E-state index contributed by atoms with van der Waals surface area (Å²) in [4.78, 5) is 14.6. The number of ether oxygens (including phenoxy) is 3. The molecule has 172 valence electrons. The molecule has 0 radical (unpaired) electrons. The van der Waals surface area contributed by atoms with Crippen LogP contribution in [0.3, 0.4) is 0 Å². The molecule has 2 aliphatic heterocycles. The molecule has 2 N–H and O–H groups in total. The van der Waals surface area contributed by atoms with E-state index in [9.17, 15) is 9.90 Å². The molecular formula is C23H26Cl2N2O5. The van der Waals surface area contributed by atoms with Gasteiger partial charge in [0.1, 0.15) is 12.4 Å². The first kappa shape index (κ1) is 23.0. The molecule has 2 aromatic carbocycles. The highest BCUT2D eigenvalue weighted by molar-refractivity contribution is 6.42. The topological polar surface area (TPSA) is 80.3 Å². The van der Waals surface area contributed by atoms with Gasteiger partial charge in [-0.3, -0.25) is 9.69 Å². The van der Waals surface area contributed by atoms with Crippen LogP contribution in [0, 0.1) is 0 Å². The fourth-order valence-corrected chi connectivity index (χ4v) is 4.19. The number of nitrogens with zero attached hydrogens (tertiary/aromatic N) is 1. The molecule has 0 unspecified atom stereocenters. The maximum absolute atomic E-state index is 12.5. The van der Waals surface area contributed by atoms with Gasteiger partial charge in [0, 0.05) is 24.7 Å². The molecule has 2 heterocycles. The highest BCUT2D eigenvalue weighted by Gasteiger charge is 2.31. The van der Waals surface area contributed by atoms with Crippen molar-refractivity contribution in [2.24, 2.45) is 0 Å². The predicted octanol–water partition coefficient (Wildman–Crippen LogP) is 3.63. The average Bonchev–Trinajstić information content (AvgIpc) is 3.19. The molecule has 0 saturated carbocycles. The van der Waals surface area contributed by atoms with Crippen LogP contribution in [-0.4, -0.2) is 54.5 Å². The number of halogens is 2. The van der Waals surface area contributed by atoms with Crippen molar-refractivity contribution < 1.29 is 24.1 Å². The summed E-state index contributed by atoms with van der Waals surface area (Å²) in [6, 6.07) is 10.7. The van der Waals surface area contributed by atoms with Crippen LogP contribution in [0.25, 0.3) is 0 Å². The molecule has 7 nitrogen and oxygen atoms in total. The summed E-state index contributed by atoms with van der Waals surface area (Å²) in [5, 5.41) is 14.8. The Morgan fingerprint density at radius 3 is 2.88 bits per heavy atom. The maximum Gasteiger partial charge on any atom is 0.234 e. The number of aliphatic hydroxyl groups is 1. The minimum atomic E-state index is -0.959. The van der Waals surface area contributed by atoms with Gasteiger partial charge in [-0.15, -0.1) is 0 Å². The van der Waals surface area contributed by atoms with E-state index < -0.39 is 5.60 Å². The Hall–Kier alpha value is -2.19. The lowest BCUT2D eigenvalue weighted by Crippen LogP contribution is -2.40. The summed E-state index contributed by atoms with van der Waals surface area (Å²) < 4.78 is 16.6. The number of hydrogen-bond donors (Lipinski definition) is 2. The summed E-state index contributed by atoms with van der Waals surface area (Å²) in [6.07, 6.45) is 1.88. The van der Waals surface area contributed by atoms with Crippen LogP contribution < -0.4 is 19.5 Å². The van der Waals surface area contributed by atoms with E-state index in [1.807, 2.05) is 18.2 Å². The number of hydrogen-bond acceptors (Lipinski definition) is 6. The molecule has 1 amide bonds. The van der Waals surface area contributed by atoms with E-state index in [0.717, 1.165) is 18.5 Å². The first-order valence-corrected chi connectivity index (χ1v) is 11.3. The molecule has 2 aromatic rings. The second-order valence-electron chi connectivity index (χ2n) is 8.15. The Balaban J connectivity index is 1.24. The number of carbonyl (C=O) groups is 1. The Kier molecular flexibility index (Phi) is 7.30. The lowest BCUT2D eigenvalue weighted by molar-refractivity contribution is -0.122. The molecule has 0 aliphatic carbocycles. The van der Waals surface area contributed by atoms with Crippen molar-refractivity contribution in [2.45, 2.75) is 31.4 Å². The second kappa shape index (κ2) is 10.2. The summed E-state index contributed by atoms with van der Waals surface area (Å²) in [7, 11) is 0. The summed E-state index contributed by atoms with van der Waals surface area (Å²) in [5.41, 5.74) is -0.0720. The third-order valence-electron chi connectivity index (χ3n) is 5.73. The van der Waals surface area contributed by atoms with Gasteiger partial charge in [-0.1, -0.05) is 35.3 Å². The van der Waals surface area contributed by atoms with Crippen molar-refractivity contribution in [3.8, 4) is 17.2 Å². The van der Waals surface area contributed by atoms with E-state index in [1.54, 1.807) is 18.2 Å². The lowest BCUT2D eigenvalue weighted by atomic mass is 9.96. The van der Waals surface area contributed by atoms with E-state index >= 15 is 0 Å². The zero-order valence-electron chi connectivity index (χ0n) is 17.6. The Morgan fingerprint density at radius 2 is 2.03 bits per heavy atom. The zero-order chi connectivity index (χ0) is 22.6. The van der Waals surface area contributed by atoms with Crippen LogP contribution in [0.15, 0.2) is 36.4 Å². The number of nitrogens with one attached hydrogen (secondary N) is 1. The van der Waals surface area contributed by atoms with Crippen molar-refractivity contribution in [3.63, 3.8) is 0 Å². The van der Waals surface area contributed by atoms with Crippen LogP contribution in [-0.2, 0) is 11.3 Å². The zero-order valence-corrected chi connectivity index (χ0v) is 19.1. The van der Waals surface area contributed by atoms with E-state index in [4.69, 9.17) is 37.4 Å². The van der Waals surface area contributed by atoms with Crippen LogP contribution >= 0.6 is 23.2 Å². The van der Waals surface area contributed by atoms with E-state index in [1.165, 1.54) is 0 Å². The van der Waals surface area contributed by atoms with Gasteiger partial charge < -0.3 is 24.6 Å². The molecule has 0 aromatic heterocycles. The maximum atomic E-state index is 12.5. The largest absolute Gasteiger partial charge is 0.491 e. The number of carbonyl (C=O) groups excluding carboxylic acids is 1. The number of rotatable bonds is 7. The minimum absolute atomic E-state index is 0.0704. The van der Waals surface area contributed by atoms with E-state index in [2.05, 4.69) is 10.2 Å². The molecular weight excluding hydrogens is 455 g/mol. The van der Waals surface area contributed by atoms with Gasteiger partial charge in [0.15, 0.2) is 11.5 Å². The Bertz CT molecular complexity index is 973. The van der Waals surface area contributed by atoms with Gasteiger partial charge in [-0.05, 0) is 44.0 Å². The van der Waals surface area contributed by atoms with Crippen molar-refractivity contribution in [3.05, 3.63) is 52.0 Å². The third kappa shape index (κ3) is 5.78. The summed E-state index contributed by atoms with van der Waals surface area (Å²) in [5.74, 6) is 1.88. The smallest absolute Gasteiger partial charge is 0.234 e. The fourth-order valence-electron chi connectivity index (χ4n) is 3.90. The first-order chi connectivity index (χ1) is 15.4. The lowest BCUT2D eigenvalue weighted by Gasteiger charge is -2.27. The number of para-hydroxylation sites is 1. The SMILES string of the molecule is O=C(CN1CCC[C@](O)(COc2ccc(Cl)c(Cl)c2)CC1)NCc1cccc2c1OCO2. The molecule has 2 aliphatic rings. The van der Waals surface area contributed by atoms with Crippen molar-refractivity contribution in [1.82, 2.24) is 10.2 Å². The van der Waals surface area contributed by atoms with Gasteiger partial charge in [0.2, 0.25) is 12.7 Å². The van der Waals surface area contributed by atoms with Crippen molar-refractivity contribution in [2.75, 3.05) is 33.0 Å². The van der Waals surface area contributed by atoms with Gasteiger partial charge in [-0.25, -0.2) is 0 Å². The number of likely N-dealkylation sites (tertiary alicyclic amines) is 1. The number of fused-ring (bicyclic) bond motifs is 1. The third-order valence-corrected chi connectivity index (χ3v) is 6.47. The molecule has 1 fully saturated rings. The van der Waals surface area contributed by atoms with Crippen molar-refractivity contribution in [1.29, 1.82) is 0 Å². The Morgan fingerprint density at radius 1 is 1.16 bits per heavy atom. The molecule has 1 saturated heterocycles. The second-order valence-corrected chi connectivity index (χ2v) is 8.96. The highest BCUT2D eigenvalue weighted by Crippen LogP contribution is 2.35. The quantitative estimate of drug-likeness (QED) is 0.629. The van der Waals surface area contributed by atoms with Crippen LogP contribution in [0.1, 0.15) is 24.8 Å². The molecule has 9 heteroatoms. The van der Waals surface area contributed by atoms with Crippen LogP contribution in [0.4, 0.5) is 0 Å².